The summed E-state index contributed by atoms with van der Waals surface area (Å²) in [6.45, 7) is 2.15. The van der Waals surface area contributed by atoms with Crippen LogP contribution >= 0.6 is 0 Å². The highest BCUT2D eigenvalue weighted by molar-refractivity contribution is 7.91. The first-order chi connectivity index (χ1) is 14.4. The van der Waals surface area contributed by atoms with Gasteiger partial charge in [0, 0.05) is 24.1 Å². The molecule has 2 aromatic carbocycles. The van der Waals surface area contributed by atoms with E-state index < -0.39 is 9.84 Å². The molecule has 0 unspecified atom stereocenters. The molecule has 0 fully saturated rings. The lowest BCUT2D eigenvalue weighted by Crippen LogP contribution is -2.29. The van der Waals surface area contributed by atoms with Crippen molar-refractivity contribution in [2.24, 2.45) is 0 Å². The molecule has 0 aliphatic heterocycles. The molecule has 1 N–H and O–H groups in total. The second-order valence-electron chi connectivity index (χ2n) is 6.80. The van der Waals surface area contributed by atoms with Crippen LogP contribution in [0.4, 0.5) is 0 Å². The SMILES string of the molecule is CCS(=O)(=O)CCNC(=O)c1cn(Cc2ccccc2)nc1-c1cccc(OC)c1. The number of hydrogen-bond acceptors (Lipinski definition) is 5. The van der Waals surface area contributed by atoms with Gasteiger partial charge in [-0.1, -0.05) is 49.4 Å². The maximum absolute atomic E-state index is 12.8. The van der Waals surface area contributed by atoms with Crippen LogP contribution in [0, 0.1) is 0 Å². The van der Waals surface area contributed by atoms with E-state index in [-0.39, 0.29) is 24.0 Å². The lowest BCUT2D eigenvalue weighted by Gasteiger charge is -2.06. The molecule has 1 amide bonds. The van der Waals surface area contributed by atoms with E-state index in [2.05, 4.69) is 10.4 Å². The molecule has 0 radical (unpaired) electrons. The molecule has 1 aromatic heterocycles. The summed E-state index contributed by atoms with van der Waals surface area (Å²) in [7, 11) is -1.58. The summed E-state index contributed by atoms with van der Waals surface area (Å²) in [6, 6.07) is 17.1. The van der Waals surface area contributed by atoms with E-state index in [0.717, 1.165) is 11.1 Å². The van der Waals surface area contributed by atoms with Gasteiger partial charge in [0.15, 0.2) is 9.84 Å². The molecule has 7 nitrogen and oxygen atoms in total. The molecule has 0 aliphatic rings. The molecule has 0 saturated carbocycles. The number of sulfone groups is 1. The number of carbonyl (C=O) groups excluding carboxylic acids is 1. The van der Waals surface area contributed by atoms with E-state index in [1.54, 1.807) is 24.9 Å². The largest absolute Gasteiger partial charge is 0.497 e. The van der Waals surface area contributed by atoms with Crippen molar-refractivity contribution in [1.82, 2.24) is 15.1 Å². The van der Waals surface area contributed by atoms with Crippen LogP contribution in [0.15, 0.2) is 60.8 Å². The predicted octanol–water partition coefficient (Wildman–Crippen LogP) is 2.77. The molecule has 0 aliphatic carbocycles. The number of nitrogens with zero attached hydrogens (tertiary/aromatic N) is 2. The minimum Gasteiger partial charge on any atom is -0.497 e. The first kappa shape index (κ1) is 21.6. The molecule has 0 bridgehead atoms. The van der Waals surface area contributed by atoms with Gasteiger partial charge in [0.25, 0.3) is 5.91 Å². The average molecular weight is 428 g/mol. The first-order valence-corrected chi connectivity index (χ1v) is 11.5. The number of amides is 1. The lowest BCUT2D eigenvalue weighted by molar-refractivity contribution is 0.0956. The molecule has 0 atom stereocenters. The molecule has 3 aromatic rings. The number of ether oxygens (including phenoxy) is 1. The Morgan fingerprint density at radius 2 is 1.90 bits per heavy atom. The van der Waals surface area contributed by atoms with E-state index in [0.29, 0.717) is 23.6 Å². The van der Waals surface area contributed by atoms with Crippen molar-refractivity contribution in [1.29, 1.82) is 0 Å². The van der Waals surface area contributed by atoms with Gasteiger partial charge in [-0.05, 0) is 17.7 Å². The Hall–Kier alpha value is -3.13. The Kier molecular flexibility index (Phi) is 6.89. The number of nitrogens with one attached hydrogen (secondary N) is 1. The van der Waals surface area contributed by atoms with Crippen molar-refractivity contribution in [3.05, 3.63) is 71.9 Å². The predicted molar refractivity (Wildman–Crippen MR) is 116 cm³/mol. The number of carbonyl (C=O) groups is 1. The number of hydrogen-bond donors (Lipinski definition) is 1. The van der Waals surface area contributed by atoms with Crippen LogP contribution in [-0.4, -0.2) is 49.3 Å². The van der Waals surface area contributed by atoms with Crippen LogP contribution < -0.4 is 10.1 Å². The smallest absolute Gasteiger partial charge is 0.255 e. The highest BCUT2D eigenvalue weighted by Crippen LogP contribution is 2.26. The topological polar surface area (TPSA) is 90.3 Å². The normalized spacial score (nSPS) is 11.3. The molecule has 158 valence electrons. The number of aromatic nitrogens is 2. The van der Waals surface area contributed by atoms with Gasteiger partial charge >= 0.3 is 0 Å². The van der Waals surface area contributed by atoms with Gasteiger partial charge in [-0.25, -0.2) is 8.42 Å². The molecular weight excluding hydrogens is 402 g/mol. The Labute approximate surface area is 176 Å². The van der Waals surface area contributed by atoms with Crippen LogP contribution in [0.5, 0.6) is 5.75 Å². The summed E-state index contributed by atoms with van der Waals surface area (Å²) in [5.74, 6) is 0.249. The van der Waals surface area contributed by atoms with Gasteiger partial charge in [-0.15, -0.1) is 0 Å². The fraction of sp³-hybridized carbons (Fsp3) is 0.273. The number of methoxy groups -OCH3 is 1. The Bertz CT molecular complexity index is 1110. The maximum Gasteiger partial charge on any atom is 0.255 e. The third-order valence-electron chi connectivity index (χ3n) is 4.68. The van der Waals surface area contributed by atoms with Gasteiger partial charge in [0.1, 0.15) is 11.4 Å². The monoisotopic (exact) mass is 427 g/mol. The minimum atomic E-state index is -3.16. The van der Waals surface area contributed by atoms with Gasteiger partial charge in [-0.3, -0.25) is 9.48 Å². The number of benzene rings is 2. The Balaban J connectivity index is 1.89. The summed E-state index contributed by atoms with van der Waals surface area (Å²) >= 11 is 0. The van der Waals surface area contributed by atoms with Crippen molar-refractivity contribution in [3.63, 3.8) is 0 Å². The van der Waals surface area contributed by atoms with Crippen molar-refractivity contribution >= 4 is 15.7 Å². The van der Waals surface area contributed by atoms with Gasteiger partial charge in [0.05, 0.1) is 25.0 Å². The molecule has 0 saturated heterocycles. The van der Waals surface area contributed by atoms with E-state index in [9.17, 15) is 13.2 Å². The van der Waals surface area contributed by atoms with E-state index in [4.69, 9.17) is 4.74 Å². The first-order valence-electron chi connectivity index (χ1n) is 9.66. The standard InChI is InChI=1S/C22H25N3O4S/c1-3-30(27,28)13-12-23-22(26)20-16-25(15-17-8-5-4-6-9-17)24-21(20)18-10-7-11-19(14-18)29-2/h4-11,14,16H,3,12-13,15H2,1-2H3,(H,23,26). The van der Waals surface area contributed by atoms with Crippen LogP contribution in [0.1, 0.15) is 22.8 Å². The summed E-state index contributed by atoms with van der Waals surface area (Å²) in [5.41, 5.74) is 2.69. The zero-order valence-electron chi connectivity index (χ0n) is 17.0. The summed E-state index contributed by atoms with van der Waals surface area (Å²) < 4.78 is 30.4. The van der Waals surface area contributed by atoms with Crippen LogP contribution in [0.25, 0.3) is 11.3 Å². The highest BCUT2D eigenvalue weighted by Gasteiger charge is 2.19. The third-order valence-corrected chi connectivity index (χ3v) is 6.38. The fourth-order valence-corrected chi connectivity index (χ4v) is 3.68. The molecule has 3 rings (SSSR count). The van der Waals surface area contributed by atoms with Crippen LogP contribution in [-0.2, 0) is 16.4 Å². The second kappa shape index (κ2) is 9.58. The molecule has 8 heteroatoms. The van der Waals surface area contributed by atoms with Crippen molar-refractivity contribution in [3.8, 4) is 17.0 Å². The zero-order valence-corrected chi connectivity index (χ0v) is 17.9. The van der Waals surface area contributed by atoms with E-state index in [1.165, 1.54) is 0 Å². The minimum absolute atomic E-state index is 0.0486. The Morgan fingerprint density at radius 1 is 1.13 bits per heavy atom. The second-order valence-corrected chi connectivity index (χ2v) is 9.27. The third kappa shape index (κ3) is 5.48. The number of rotatable bonds is 9. The fourth-order valence-electron chi connectivity index (χ4n) is 2.98. The van der Waals surface area contributed by atoms with Crippen LogP contribution in [0.2, 0.25) is 0 Å². The lowest BCUT2D eigenvalue weighted by atomic mass is 10.1. The van der Waals surface area contributed by atoms with E-state index >= 15 is 0 Å². The molecule has 30 heavy (non-hydrogen) atoms. The van der Waals surface area contributed by atoms with Crippen molar-refractivity contribution < 1.29 is 17.9 Å². The van der Waals surface area contributed by atoms with Crippen LogP contribution in [0.3, 0.4) is 0 Å². The van der Waals surface area contributed by atoms with Gasteiger partial charge < -0.3 is 10.1 Å². The van der Waals surface area contributed by atoms with Gasteiger partial charge in [0.2, 0.25) is 0 Å². The maximum atomic E-state index is 12.8. The summed E-state index contributed by atoms with van der Waals surface area (Å²) in [5, 5.41) is 7.33. The molecule has 0 spiro atoms. The summed E-state index contributed by atoms with van der Waals surface area (Å²) in [6.07, 6.45) is 1.69. The highest BCUT2D eigenvalue weighted by atomic mass is 32.2. The van der Waals surface area contributed by atoms with E-state index in [1.807, 2.05) is 54.6 Å². The quantitative estimate of drug-likeness (QED) is 0.567. The Morgan fingerprint density at radius 3 is 2.60 bits per heavy atom. The van der Waals surface area contributed by atoms with Gasteiger partial charge in [-0.2, -0.15) is 5.10 Å². The summed E-state index contributed by atoms with van der Waals surface area (Å²) in [4.78, 5) is 12.8. The molecular formula is C22H25N3O4S. The average Bonchev–Trinajstić information content (AvgIpc) is 3.18. The van der Waals surface area contributed by atoms with Crippen molar-refractivity contribution in [2.45, 2.75) is 13.5 Å². The zero-order chi connectivity index (χ0) is 21.6. The van der Waals surface area contributed by atoms with Crippen molar-refractivity contribution in [2.75, 3.05) is 25.2 Å². The molecule has 1 heterocycles.